The van der Waals surface area contributed by atoms with Crippen molar-refractivity contribution in [1.82, 2.24) is 25.4 Å². The third-order valence-electron chi connectivity index (χ3n) is 7.72. The maximum Gasteiger partial charge on any atom is 0.298 e. The molecule has 2 aromatic rings. The van der Waals surface area contributed by atoms with Crippen LogP contribution in [0.2, 0.25) is 0 Å². The summed E-state index contributed by atoms with van der Waals surface area (Å²) in [5.74, 6) is 0.300. The van der Waals surface area contributed by atoms with Gasteiger partial charge in [-0.1, -0.05) is 12.8 Å². The van der Waals surface area contributed by atoms with Crippen molar-refractivity contribution < 1.29 is 14.0 Å². The molecule has 3 unspecified atom stereocenters. The highest BCUT2D eigenvalue weighted by Gasteiger charge is 2.40. The fraction of sp³-hybridized carbons (Fsp3) is 0.625. The van der Waals surface area contributed by atoms with Crippen LogP contribution < -0.4 is 15.5 Å². The largest absolute Gasteiger partial charge is 0.423 e. The zero-order chi connectivity index (χ0) is 22.4. The summed E-state index contributed by atoms with van der Waals surface area (Å²) in [5.41, 5.74) is 2.09. The predicted octanol–water partition coefficient (Wildman–Crippen LogP) is 1.75. The van der Waals surface area contributed by atoms with E-state index in [0.717, 1.165) is 63.8 Å². The molecule has 3 atom stereocenters. The number of benzene rings is 1. The number of piperazine rings is 1. The lowest BCUT2D eigenvalue weighted by molar-refractivity contribution is -0.134. The second-order valence-corrected chi connectivity index (χ2v) is 9.78. The molecule has 1 aliphatic carbocycles. The first-order chi connectivity index (χ1) is 16.2. The van der Waals surface area contributed by atoms with E-state index in [2.05, 4.69) is 25.4 Å². The van der Waals surface area contributed by atoms with Gasteiger partial charge in [-0.2, -0.15) is 4.98 Å². The van der Waals surface area contributed by atoms with Gasteiger partial charge < -0.3 is 19.5 Å². The summed E-state index contributed by atoms with van der Waals surface area (Å²) in [5, 5.41) is 6.80. The van der Waals surface area contributed by atoms with E-state index in [1.165, 1.54) is 6.42 Å². The number of fused-ring (bicyclic) bond motifs is 2. The van der Waals surface area contributed by atoms with Crippen LogP contribution in [-0.4, -0.2) is 78.2 Å². The van der Waals surface area contributed by atoms with E-state index in [-0.39, 0.29) is 30.1 Å². The standard InChI is InChI=1S/C24H32N6O3/c31-21-17-5-1-2-6-18(17)25-23(27-21)29-13-11-28(12-14-29)22(32)16-7-8-19-20(15-16)33-24(26-19)30-9-3-4-10-30/h7-8,15,17-18,23,25H,1-6,9-14H2,(H,27,31). The molecule has 0 bridgehead atoms. The van der Waals surface area contributed by atoms with E-state index in [1.54, 1.807) is 0 Å². The number of hydrogen-bond acceptors (Lipinski definition) is 7. The summed E-state index contributed by atoms with van der Waals surface area (Å²) >= 11 is 0. The van der Waals surface area contributed by atoms with Gasteiger partial charge in [-0.3, -0.25) is 19.8 Å². The van der Waals surface area contributed by atoms with Crippen LogP contribution in [0.4, 0.5) is 6.01 Å². The fourth-order valence-electron chi connectivity index (χ4n) is 5.78. The lowest BCUT2D eigenvalue weighted by Gasteiger charge is -2.46. The normalized spacial score (nSPS) is 28.7. The van der Waals surface area contributed by atoms with Crippen molar-refractivity contribution in [2.24, 2.45) is 5.92 Å². The van der Waals surface area contributed by atoms with E-state index in [4.69, 9.17) is 4.42 Å². The minimum absolute atomic E-state index is 0.0173. The van der Waals surface area contributed by atoms with Crippen molar-refractivity contribution in [1.29, 1.82) is 0 Å². The number of carbonyl (C=O) groups excluding carboxylic acids is 2. The highest BCUT2D eigenvalue weighted by Crippen LogP contribution is 2.28. The third kappa shape index (κ3) is 3.97. The first-order valence-electron chi connectivity index (χ1n) is 12.4. The van der Waals surface area contributed by atoms with Crippen LogP contribution in [0.1, 0.15) is 48.9 Å². The van der Waals surface area contributed by atoms with Gasteiger partial charge in [-0.15, -0.1) is 0 Å². The molecule has 1 saturated carbocycles. The summed E-state index contributed by atoms with van der Waals surface area (Å²) in [6.45, 7) is 4.67. The monoisotopic (exact) mass is 452 g/mol. The molecule has 0 radical (unpaired) electrons. The van der Waals surface area contributed by atoms with E-state index >= 15 is 0 Å². The Balaban J connectivity index is 1.09. The fourth-order valence-corrected chi connectivity index (χ4v) is 5.78. The first kappa shape index (κ1) is 20.9. The number of aromatic nitrogens is 1. The molecule has 176 valence electrons. The number of nitrogens with one attached hydrogen (secondary N) is 2. The molecule has 4 aliphatic rings. The Morgan fingerprint density at radius 3 is 2.61 bits per heavy atom. The molecular weight excluding hydrogens is 420 g/mol. The third-order valence-corrected chi connectivity index (χ3v) is 7.72. The van der Waals surface area contributed by atoms with E-state index in [1.807, 2.05) is 23.1 Å². The smallest absolute Gasteiger partial charge is 0.298 e. The number of anilines is 1. The molecule has 4 fully saturated rings. The molecule has 4 heterocycles. The Morgan fingerprint density at radius 1 is 1.00 bits per heavy atom. The zero-order valence-electron chi connectivity index (χ0n) is 19.0. The number of rotatable bonds is 3. The number of nitrogens with zero attached hydrogens (tertiary/aromatic N) is 4. The van der Waals surface area contributed by atoms with Gasteiger partial charge in [0.2, 0.25) is 5.91 Å². The molecule has 3 aliphatic heterocycles. The Kier molecular flexibility index (Phi) is 5.46. The molecule has 9 heteroatoms. The Labute approximate surface area is 193 Å². The molecule has 0 spiro atoms. The van der Waals surface area contributed by atoms with Crippen LogP contribution in [-0.2, 0) is 4.79 Å². The highest BCUT2D eigenvalue weighted by atomic mass is 16.4. The molecule has 9 nitrogen and oxygen atoms in total. The van der Waals surface area contributed by atoms with E-state index < -0.39 is 0 Å². The first-order valence-corrected chi connectivity index (χ1v) is 12.4. The van der Waals surface area contributed by atoms with Crippen molar-refractivity contribution in [2.45, 2.75) is 50.9 Å². The molecule has 1 aromatic heterocycles. The predicted molar refractivity (Wildman–Crippen MR) is 124 cm³/mol. The quantitative estimate of drug-likeness (QED) is 0.733. The summed E-state index contributed by atoms with van der Waals surface area (Å²) < 4.78 is 5.97. The summed E-state index contributed by atoms with van der Waals surface area (Å²) in [7, 11) is 0. The number of amides is 2. The van der Waals surface area contributed by atoms with Crippen LogP contribution in [0.15, 0.2) is 22.6 Å². The van der Waals surface area contributed by atoms with Crippen molar-refractivity contribution in [3.05, 3.63) is 23.8 Å². The van der Waals surface area contributed by atoms with E-state index in [0.29, 0.717) is 30.3 Å². The molecule has 3 saturated heterocycles. The summed E-state index contributed by atoms with van der Waals surface area (Å²) in [4.78, 5) is 36.6. The molecule has 33 heavy (non-hydrogen) atoms. The lowest BCUT2D eigenvalue weighted by atomic mass is 9.82. The van der Waals surface area contributed by atoms with Gasteiger partial charge in [-0.05, 0) is 43.9 Å². The molecule has 1 aromatic carbocycles. The van der Waals surface area contributed by atoms with Crippen LogP contribution >= 0.6 is 0 Å². The lowest BCUT2D eigenvalue weighted by Crippen LogP contribution is -2.69. The zero-order valence-corrected chi connectivity index (χ0v) is 19.0. The maximum atomic E-state index is 13.2. The number of hydrogen-bond donors (Lipinski definition) is 2. The van der Waals surface area contributed by atoms with Crippen LogP contribution in [0.3, 0.4) is 0 Å². The van der Waals surface area contributed by atoms with Crippen LogP contribution in [0, 0.1) is 5.92 Å². The Morgan fingerprint density at radius 2 is 1.79 bits per heavy atom. The van der Waals surface area contributed by atoms with Crippen LogP contribution in [0.25, 0.3) is 11.1 Å². The molecule has 6 rings (SSSR count). The Bertz CT molecular complexity index is 1040. The van der Waals surface area contributed by atoms with Gasteiger partial charge in [-0.25, -0.2) is 0 Å². The SMILES string of the molecule is O=C1NC(N2CCN(C(=O)c3ccc4nc(N5CCCC5)oc4c3)CC2)NC2CCCCC12. The second kappa shape index (κ2) is 8.61. The summed E-state index contributed by atoms with van der Waals surface area (Å²) in [6, 6.07) is 6.48. The van der Waals surface area contributed by atoms with Crippen LogP contribution in [0.5, 0.6) is 0 Å². The minimum Gasteiger partial charge on any atom is -0.423 e. The molecule has 2 N–H and O–H groups in total. The van der Waals surface area contributed by atoms with Gasteiger partial charge in [0.25, 0.3) is 11.9 Å². The van der Waals surface area contributed by atoms with Crippen molar-refractivity contribution in [3.8, 4) is 0 Å². The number of oxazole rings is 1. The van der Waals surface area contributed by atoms with Crippen molar-refractivity contribution >= 4 is 28.9 Å². The van der Waals surface area contributed by atoms with Gasteiger partial charge >= 0.3 is 0 Å². The molecular formula is C24H32N6O3. The minimum atomic E-state index is -0.136. The van der Waals surface area contributed by atoms with Crippen molar-refractivity contribution in [3.63, 3.8) is 0 Å². The average molecular weight is 453 g/mol. The average Bonchev–Trinajstić information content (AvgIpc) is 3.53. The highest BCUT2D eigenvalue weighted by molar-refractivity contribution is 5.97. The van der Waals surface area contributed by atoms with Gasteiger partial charge in [0.05, 0.1) is 5.92 Å². The second-order valence-electron chi connectivity index (χ2n) is 9.78. The summed E-state index contributed by atoms with van der Waals surface area (Å²) in [6.07, 6.45) is 6.56. The molecule has 2 amide bonds. The Hall–Kier alpha value is -2.65. The van der Waals surface area contributed by atoms with Gasteiger partial charge in [0, 0.05) is 50.9 Å². The van der Waals surface area contributed by atoms with Gasteiger partial charge in [0.15, 0.2) is 5.58 Å². The van der Waals surface area contributed by atoms with Gasteiger partial charge in [0.1, 0.15) is 11.8 Å². The van der Waals surface area contributed by atoms with Crippen molar-refractivity contribution in [2.75, 3.05) is 44.2 Å². The maximum absolute atomic E-state index is 13.2. The number of carbonyl (C=O) groups is 2. The topological polar surface area (TPSA) is 94.0 Å². The van der Waals surface area contributed by atoms with E-state index in [9.17, 15) is 9.59 Å².